The molecule has 0 aromatic heterocycles. The fourth-order valence-corrected chi connectivity index (χ4v) is 9.91. The van der Waals surface area contributed by atoms with Crippen LogP contribution in [0.4, 0.5) is 0 Å². The van der Waals surface area contributed by atoms with Gasteiger partial charge in [-0.25, -0.2) is 9.59 Å². The predicted octanol–water partition coefficient (Wildman–Crippen LogP) is 3.71. The summed E-state index contributed by atoms with van der Waals surface area (Å²) < 4.78 is 57.8. The predicted molar refractivity (Wildman–Crippen MR) is 281 cm³/mol. The molecule has 0 amide bonds. The second-order valence-corrected chi connectivity index (χ2v) is 19.2. The zero-order valence-electron chi connectivity index (χ0n) is 46.7. The van der Waals surface area contributed by atoms with E-state index in [-0.39, 0.29) is 24.0 Å². The van der Waals surface area contributed by atoms with E-state index in [9.17, 15) is 9.59 Å². The molecule has 22 heteroatoms. The molecule has 0 saturated carbocycles. The number of carboxylic acid groups (broad SMARTS) is 4. The van der Waals surface area contributed by atoms with Gasteiger partial charge in [-0.2, -0.15) is 0 Å². The number of hydrogen-bond acceptors (Lipinski definition) is 18. The van der Waals surface area contributed by atoms with Crippen LogP contribution in [0.15, 0.2) is 60.7 Å². The number of likely N-dealkylation sites (N-methyl/N-ethyl adjacent to an activating group) is 2. The van der Waals surface area contributed by atoms with Crippen LogP contribution >= 0.6 is 0 Å². The van der Waals surface area contributed by atoms with Gasteiger partial charge in [-0.05, 0) is 90.0 Å². The maximum absolute atomic E-state index is 13.2. The van der Waals surface area contributed by atoms with E-state index in [1.165, 1.54) is 22.3 Å². The van der Waals surface area contributed by atoms with Gasteiger partial charge in [0.25, 0.3) is 0 Å². The lowest BCUT2D eigenvalue weighted by Crippen LogP contribution is -2.53. The SMILES string of the molecule is COc1ccc(CC2c3cc(OC)c(OC)cc3CC[N+]2(C)CCC(=O)OCCCCCOC(=O)CC[N+]2(C)CCc3cc(OC)c(OC)cc3C2Cc2ccc(OC)c(OC)c2)cc1OC.O=C(O)C(=O)O.O=C([O-])C(=O)[O-]. The van der Waals surface area contributed by atoms with Gasteiger partial charge in [0, 0.05) is 36.8 Å². The highest BCUT2D eigenvalue weighted by molar-refractivity contribution is 6.27. The number of ether oxygens (including phenoxy) is 10. The number of carbonyl (C=O) groups is 6. The molecule has 4 aromatic carbocycles. The van der Waals surface area contributed by atoms with E-state index in [0.29, 0.717) is 107 Å². The largest absolute Gasteiger partial charge is 0.543 e. The fraction of sp³-hybridized carbons (Fsp3) is 0.474. The summed E-state index contributed by atoms with van der Waals surface area (Å²) in [5.74, 6) is -2.96. The Labute approximate surface area is 460 Å². The van der Waals surface area contributed by atoms with E-state index in [0.717, 1.165) is 56.3 Å². The summed E-state index contributed by atoms with van der Waals surface area (Å²) in [5, 5.41) is 32.6. The topological polar surface area (TPSA) is 281 Å². The first kappa shape index (κ1) is 63.6. The lowest BCUT2D eigenvalue weighted by Gasteiger charge is -2.46. The van der Waals surface area contributed by atoms with E-state index >= 15 is 0 Å². The summed E-state index contributed by atoms with van der Waals surface area (Å²) in [6, 6.07) is 20.5. The molecular formula is C57H74N2O20. The molecule has 2 N–H and O–H groups in total. The van der Waals surface area contributed by atoms with E-state index < -0.39 is 23.9 Å². The molecular weight excluding hydrogens is 1030 g/mol. The van der Waals surface area contributed by atoms with Crippen LogP contribution in [0.3, 0.4) is 0 Å². The third-order valence-corrected chi connectivity index (χ3v) is 14.4. The Bertz CT molecular complexity index is 2540. The number of esters is 2. The Hall–Kier alpha value is -7.98. The number of methoxy groups -OCH3 is 8. The van der Waals surface area contributed by atoms with Gasteiger partial charge in [0.2, 0.25) is 0 Å². The number of carbonyl (C=O) groups excluding carboxylic acids is 4. The molecule has 432 valence electrons. The summed E-state index contributed by atoms with van der Waals surface area (Å²) in [7, 11) is 17.6. The Kier molecular flexibility index (Phi) is 24.3. The van der Waals surface area contributed by atoms with Crippen LogP contribution in [-0.4, -0.2) is 165 Å². The third kappa shape index (κ3) is 17.5. The van der Waals surface area contributed by atoms with Crippen LogP contribution in [0.25, 0.3) is 0 Å². The average molecular weight is 1110 g/mol. The molecule has 22 nitrogen and oxygen atoms in total. The minimum Gasteiger partial charge on any atom is -0.543 e. The van der Waals surface area contributed by atoms with Gasteiger partial charge in [0.1, 0.15) is 12.1 Å². The third-order valence-electron chi connectivity index (χ3n) is 14.4. The van der Waals surface area contributed by atoms with E-state index in [1.807, 2.05) is 24.3 Å². The summed E-state index contributed by atoms with van der Waals surface area (Å²) in [4.78, 5) is 62.5. The van der Waals surface area contributed by atoms with Crippen LogP contribution in [0.2, 0.25) is 0 Å². The van der Waals surface area contributed by atoms with Crippen molar-refractivity contribution in [1.29, 1.82) is 0 Å². The molecule has 0 bridgehead atoms. The molecule has 4 atom stereocenters. The van der Waals surface area contributed by atoms with Crippen molar-refractivity contribution in [2.45, 2.75) is 69.9 Å². The van der Waals surface area contributed by atoms with Crippen LogP contribution in [0, 0.1) is 0 Å². The average Bonchev–Trinajstić information content (AvgIpc) is 3.60. The lowest BCUT2D eigenvalue weighted by atomic mass is 9.86. The number of quaternary nitrogens is 2. The number of rotatable bonds is 24. The monoisotopic (exact) mass is 1110 g/mol. The molecule has 4 aromatic rings. The summed E-state index contributed by atoms with van der Waals surface area (Å²) >= 11 is 0. The highest BCUT2D eigenvalue weighted by atomic mass is 16.5. The molecule has 0 radical (unpaired) electrons. The van der Waals surface area contributed by atoms with Crippen LogP contribution in [0.1, 0.15) is 77.6 Å². The lowest BCUT2D eigenvalue weighted by molar-refractivity contribution is -0.940. The number of unbranched alkanes of at least 4 members (excludes halogenated alkanes) is 2. The normalized spacial score (nSPS) is 17.7. The summed E-state index contributed by atoms with van der Waals surface area (Å²) in [6.07, 6.45) is 5.85. The fourth-order valence-electron chi connectivity index (χ4n) is 9.91. The van der Waals surface area contributed by atoms with Crippen molar-refractivity contribution in [2.75, 3.05) is 110 Å². The van der Waals surface area contributed by atoms with Gasteiger partial charge in [0.05, 0.1) is 135 Å². The molecule has 0 spiro atoms. The number of carboxylic acids is 4. The van der Waals surface area contributed by atoms with Crippen LogP contribution in [0.5, 0.6) is 46.0 Å². The Morgan fingerprint density at radius 1 is 0.468 bits per heavy atom. The number of fused-ring (bicyclic) bond motifs is 2. The second kappa shape index (κ2) is 30.2. The van der Waals surface area contributed by atoms with Gasteiger partial charge in [-0.1, -0.05) is 12.1 Å². The quantitative estimate of drug-likeness (QED) is 0.0438. The molecule has 0 aliphatic carbocycles. The second-order valence-electron chi connectivity index (χ2n) is 19.2. The van der Waals surface area contributed by atoms with E-state index in [2.05, 4.69) is 50.5 Å². The van der Waals surface area contributed by atoms with Crippen molar-refractivity contribution in [3.05, 3.63) is 94.0 Å². The molecule has 6 rings (SSSR count). The van der Waals surface area contributed by atoms with Gasteiger partial charge in [-0.15, -0.1) is 0 Å². The van der Waals surface area contributed by atoms with E-state index in [1.54, 1.807) is 56.9 Å². The minimum absolute atomic E-state index is 0.0393. The zero-order valence-corrected chi connectivity index (χ0v) is 46.7. The summed E-state index contributed by atoms with van der Waals surface area (Å²) in [5.41, 5.74) is 7.00. The van der Waals surface area contributed by atoms with Gasteiger partial charge in [0.15, 0.2) is 46.0 Å². The molecule has 4 unspecified atom stereocenters. The van der Waals surface area contributed by atoms with Gasteiger partial charge in [-0.3, -0.25) is 9.59 Å². The molecule has 0 saturated heterocycles. The maximum atomic E-state index is 13.2. The highest BCUT2D eigenvalue weighted by Crippen LogP contribution is 2.45. The molecule has 2 heterocycles. The first-order valence-corrected chi connectivity index (χ1v) is 25.4. The number of hydrogen-bond donors (Lipinski definition) is 2. The highest BCUT2D eigenvalue weighted by Gasteiger charge is 2.42. The van der Waals surface area contributed by atoms with Crippen molar-refractivity contribution in [2.24, 2.45) is 0 Å². The van der Waals surface area contributed by atoms with Crippen LogP contribution in [-0.2, 0) is 63.9 Å². The van der Waals surface area contributed by atoms with Crippen molar-refractivity contribution in [1.82, 2.24) is 0 Å². The number of nitrogens with zero attached hydrogens (tertiary/aromatic N) is 2. The first-order valence-electron chi connectivity index (χ1n) is 25.4. The number of benzene rings is 4. The Morgan fingerprint density at radius 2 is 0.785 bits per heavy atom. The summed E-state index contributed by atoms with van der Waals surface area (Å²) in [6.45, 7) is 3.57. The van der Waals surface area contributed by atoms with Crippen molar-refractivity contribution >= 4 is 35.8 Å². The van der Waals surface area contributed by atoms with E-state index in [4.69, 9.17) is 87.0 Å². The Balaban J connectivity index is 0.00000101. The minimum atomic E-state index is -2.19. The van der Waals surface area contributed by atoms with Gasteiger partial charge < -0.3 is 86.3 Å². The standard InChI is InChI=1S/C53H72N2O12.2C2H2O4/c1-54(22-18-38-32-48(62-7)50(64-9)34-40(38)42(54)28-36-14-16-44(58-3)46(30-36)60-5)24-20-52(56)66-26-12-11-13-27-67-53(57)21-25-55(2)23-19-39-33-49(63-8)51(65-10)35-41(39)43(55)29-37-15-17-45(59-4)47(31-37)61-6;2*3-1(4)2(5)6/h14-17,30-35,42-43H,11-13,18-29H2,1-10H3;2*(H,3,4)(H,5,6)/q+2;;/p-2. The van der Waals surface area contributed by atoms with Crippen molar-refractivity contribution in [3.63, 3.8) is 0 Å². The molecule has 0 fully saturated rings. The smallest absolute Gasteiger partial charge is 0.414 e. The first-order chi connectivity index (χ1) is 37.6. The molecule has 79 heavy (non-hydrogen) atoms. The van der Waals surface area contributed by atoms with Crippen molar-refractivity contribution < 1.29 is 106 Å². The van der Waals surface area contributed by atoms with Crippen molar-refractivity contribution in [3.8, 4) is 46.0 Å². The molecule has 2 aliphatic rings. The van der Waals surface area contributed by atoms with Gasteiger partial charge >= 0.3 is 23.9 Å². The van der Waals surface area contributed by atoms with Crippen LogP contribution < -0.4 is 48.1 Å². The molecule has 2 aliphatic heterocycles. The maximum Gasteiger partial charge on any atom is 0.414 e. The Morgan fingerprint density at radius 3 is 1.09 bits per heavy atom. The zero-order chi connectivity index (χ0) is 58.5. The number of aliphatic carboxylic acids is 4.